The summed E-state index contributed by atoms with van der Waals surface area (Å²) in [7, 11) is 0. The first-order chi connectivity index (χ1) is 8.31. The van der Waals surface area contributed by atoms with E-state index in [9.17, 15) is 4.79 Å². The predicted molar refractivity (Wildman–Crippen MR) is 75.6 cm³/mol. The van der Waals surface area contributed by atoms with Crippen LogP contribution >= 0.6 is 0 Å². The third-order valence-electron chi connectivity index (χ3n) is 2.83. The molecule has 1 saturated carbocycles. The lowest BCUT2D eigenvalue weighted by atomic mass is 9.82. The van der Waals surface area contributed by atoms with Gasteiger partial charge in [-0.05, 0) is 33.6 Å². The first-order valence-corrected chi connectivity index (χ1v) is 7.07. The highest BCUT2D eigenvalue weighted by molar-refractivity contribution is 5.67. The molecule has 0 heterocycles. The van der Waals surface area contributed by atoms with Gasteiger partial charge in [-0.15, -0.1) is 0 Å². The van der Waals surface area contributed by atoms with Crippen molar-refractivity contribution in [2.24, 2.45) is 5.73 Å². The zero-order valence-electron chi connectivity index (χ0n) is 12.6. The molecule has 0 aromatic rings. The van der Waals surface area contributed by atoms with E-state index in [0.717, 1.165) is 25.7 Å². The van der Waals surface area contributed by atoms with E-state index >= 15 is 0 Å². The van der Waals surface area contributed by atoms with Gasteiger partial charge in [0.15, 0.2) is 0 Å². The largest absolute Gasteiger partial charge is 0.444 e. The number of rotatable bonds is 2. The Balaban J connectivity index is 0.00000137. The van der Waals surface area contributed by atoms with Gasteiger partial charge < -0.3 is 15.8 Å². The lowest BCUT2D eigenvalue weighted by Gasteiger charge is -2.33. The molecule has 0 atom stereocenters. The predicted octanol–water partition coefficient (Wildman–Crippen LogP) is 3.20. The van der Waals surface area contributed by atoms with Gasteiger partial charge in [0.25, 0.3) is 0 Å². The molecule has 0 aromatic carbocycles. The smallest absolute Gasteiger partial charge is 0.407 e. The fourth-order valence-electron chi connectivity index (χ4n) is 2.00. The van der Waals surface area contributed by atoms with Crippen LogP contribution in [0.15, 0.2) is 0 Å². The van der Waals surface area contributed by atoms with Crippen molar-refractivity contribution in [1.29, 1.82) is 0 Å². The number of carbonyl (C=O) groups excluding carboxylic acids is 1. The number of alkyl carbamates (subject to hydrolysis) is 1. The highest BCUT2D eigenvalue weighted by Gasteiger charge is 2.28. The summed E-state index contributed by atoms with van der Waals surface area (Å²) < 4.78 is 5.17. The molecule has 4 nitrogen and oxygen atoms in total. The van der Waals surface area contributed by atoms with Crippen LogP contribution in [0.3, 0.4) is 0 Å². The first kappa shape index (κ1) is 17.2. The molecule has 1 amide bonds. The Morgan fingerprint density at radius 3 is 2.17 bits per heavy atom. The maximum absolute atomic E-state index is 11.5. The van der Waals surface area contributed by atoms with Crippen molar-refractivity contribution < 1.29 is 9.53 Å². The molecular weight excluding hydrogens is 228 g/mol. The zero-order chi connectivity index (χ0) is 14.2. The number of nitrogens with two attached hydrogens (primary N) is 1. The second kappa shape index (κ2) is 7.62. The molecule has 3 N–H and O–H groups in total. The lowest BCUT2D eigenvalue weighted by molar-refractivity contribution is 0.0509. The van der Waals surface area contributed by atoms with Gasteiger partial charge in [0.05, 0.1) is 0 Å². The first-order valence-electron chi connectivity index (χ1n) is 7.07. The van der Waals surface area contributed by atoms with Crippen LogP contribution in [-0.4, -0.2) is 23.8 Å². The van der Waals surface area contributed by atoms with Crippen LogP contribution in [0.1, 0.15) is 66.7 Å². The van der Waals surface area contributed by atoms with Gasteiger partial charge >= 0.3 is 6.09 Å². The molecule has 1 aliphatic rings. The average molecular weight is 258 g/mol. The molecule has 0 aromatic heterocycles. The van der Waals surface area contributed by atoms with Crippen LogP contribution in [0, 0.1) is 0 Å². The third kappa shape index (κ3) is 7.54. The summed E-state index contributed by atoms with van der Waals surface area (Å²) in [6, 6.07) is 0. The maximum atomic E-state index is 11.5. The van der Waals surface area contributed by atoms with Crippen molar-refractivity contribution in [3.05, 3.63) is 0 Å². The lowest BCUT2D eigenvalue weighted by Crippen LogP contribution is -2.51. The van der Waals surface area contributed by atoms with E-state index < -0.39 is 5.60 Å². The summed E-state index contributed by atoms with van der Waals surface area (Å²) in [6.45, 7) is 10.1. The second-order valence-electron chi connectivity index (χ2n) is 5.78. The number of hydrogen-bond donors (Lipinski definition) is 2. The van der Waals surface area contributed by atoms with Gasteiger partial charge in [0, 0.05) is 12.1 Å². The molecule has 0 unspecified atom stereocenters. The van der Waals surface area contributed by atoms with E-state index in [2.05, 4.69) is 5.32 Å². The summed E-state index contributed by atoms with van der Waals surface area (Å²) in [4.78, 5) is 11.5. The van der Waals surface area contributed by atoms with E-state index in [-0.39, 0.29) is 11.6 Å². The van der Waals surface area contributed by atoms with Crippen molar-refractivity contribution in [2.75, 3.05) is 6.54 Å². The van der Waals surface area contributed by atoms with Gasteiger partial charge in [-0.3, -0.25) is 0 Å². The van der Waals surface area contributed by atoms with E-state index in [1.807, 2.05) is 34.6 Å². The zero-order valence-corrected chi connectivity index (χ0v) is 12.6. The van der Waals surface area contributed by atoms with Crippen molar-refractivity contribution in [3.8, 4) is 0 Å². The van der Waals surface area contributed by atoms with Crippen LogP contribution < -0.4 is 11.1 Å². The highest BCUT2D eigenvalue weighted by atomic mass is 16.6. The highest BCUT2D eigenvalue weighted by Crippen LogP contribution is 2.25. The summed E-state index contributed by atoms with van der Waals surface area (Å²) >= 11 is 0. The summed E-state index contributed by atoms with van der Waals surface area (Å²) in [5, 5.41) is 2.76. The molecule has 0 spiro atoms. The van der Waals surface area contributed by atoms with Crippen molar-refractivity contribution in [1.82, 2.24) is 5.32 Å². The number of nitrogens with one attached hydrogen (secondary N) is 1. The Bertz CT molecular complexity index is 241. The monoisotopic (exact) mass is 258 g/mol. The number of amides is 1. The number of hydrogen-bond acceptors (Lipinski definition) is 3. The molecule has 0 saturated heterocycles. The topological polar surface area (TPSA) is 64.3 Å². The molecular formula is C14H30N2O2. The van der Waals surface area contributed by atoms with Gasteiger partial charge in [-0.25, -0.2) is 4.79 Å². The van der Waals surface area contributed by atoms with Gasteiger partial charge in [-0.1, -0.05) is 33.1 Å². The fourth-order valence-corrected chi connectivity index (χ4v) is 2.00. The van der Waals surface area contributed by atoms with E-state index in [1.165, 1.54) is 6.42 Å². The van der Waals surface area contributed by atoms with Crippen LogP contribution in [0.4, 0.5) is 4.79 Å². The third-order valence-corrected chi connectivity index (χ3v) is 2.83. The Labute approximate surface area is 112 Å². The normalized spacial score (nSPS) is 18.3. The molecule has 0 bridgehead atoms. The Kier molecular flexibility index (Phi) is 7.29. The minimum Gasteiger partial charge on any atom is -0.444 e. The Hall–Kier alpha value is -0.770. The molecule has 0 aliphatic heterocycles. The molecule has 4 heteroatoms. The molecule has 1 aliphatic carbocycles. The van der Waals surface area contributed by atoms with Gasteiger partial charge in [-0.2, -0.15) is 0 Å². The summed E-state index contributed by atoms with van der Waals surface area (Å²) in [5.74, 6) is 0. The van der Waals surface area contributed by atoms with Crippen LogP contribution in [0.5, 0.6) is 0 Å². The molecule has 18 heavy (non-hydrogen) atoms. The molecule has 108 valence electrons. The Morgan fingerprint density at radius 1 is 1.22 bits per heavy atom. The summed E-state index contributed by atoms with van der Waals surface area (Å²) in [6.07, 6.45) is 5.18. The molecule has 0 radical (unpaired) electrons. The standard InChI is InChI=1S/C12H24N2O2.C2H6/c1-11(2,3)16-10(15)14-9-12(13)7-5-4-6-8-12;1-2/h4-9,13H2,1-3H3,(H,14,15);1-2H3. The minimum atomic E-state index is -0.446. The fraction of sp³-hybridized carbons (Fsp3) is 0.929. The molecule has 1 rings (SSSR count). The minimum absolute atomic E-state index is 0.227. The average Bonchev–Trinajstić information content (AvgIpc) is 2.28. The van der Waals surface area contributed by atoms with Crippen molar-refractivity contribution in [3.63, 3.8) is 0 Å². The van der Waals surface area contributed by atoms with Crippen molar-refractivity contribution >= 4 is 6.09 Å². The quantitative estimate of drug-likeness (QED) is 0.799. The summed E-state index contributed by atoms with van der Waals surface area (Å²) in [5.41, 5.74) is 5.53. The number of carbonyl (C=O) groups is 1. The van der Waals surface area contributed by atoms with E-state index in [1.54, 1.807) is 0 Å². The van der Waals surface area contributed by atoms with Crippen LogP contribution in [-0.2, 0) is 4.74 Å². The second-order valence-corrected chi connectivity index (χ2v) is 5.78. The van der Waals surface area contributed by atoms with Gasteiger partial charge in [0.2, 0.25) is 0 Å². The van der Waals surface area contributed by atoms with Crippen LogP contribution in [0.2, 0.25) is 0 Å². The Morgan fingerprint density at radius 2 is 1.72 bits per heavy atom. The maximum Gasteiger partial charge on any atom is 0.407 e. The van der Waals surface area contributed by atoms with E-state index in [0.29, 0.717) is 6.54 Å². The van der Waals surface area contributed by atoms with Crippen LogP contribution in [0.25, 0.3) is 0 Å². The van der Waals surface area contributed by atoms with E-state index in [4.69, 9.17) is 10.5 Å². The SMILES string of the molecule is CC.CC(C)(C)OC(=O)NCC1(N)CCCCC1. The number of ether oxygens (including phenoxy) is 1. The molecule has 1 fully saturated rings. The van der Waals surface area contributed by atoms with Gasteiger partial charge in [0.1, 0.15) is 5.60 Å². The van der Waals surface area contributed by atoms with Crippen molar-refractivity contribution in [2.45, 2.75) is 77.9 Å².